The van der Waals surface area contributed by atoms with Crippen LogP contribution in [0.1, 0.15) is 42.4 Å². The van der Waals surface area contributed by atoms with Crippen LogP contribution in [0.15, 0.2) is 46.2 Å². The van der Waals surface area contributed by atoms with Crippen LogP contribution in [0, 0.1) is 13.8 Å². The van der Waals surface area contributed by atoms with Crippen molar-refractivity contribution in [2.24, 2.45) is 0 Å². The van der Waals surface area contributed by atoms with E-state index in [4.69, 9.17) is 0 Å². The van der Waals surface area contributed by atoms with Crippen molar-refractivity contribution in [3.8, 4) is 0 Å². The average molecular weight is 415 g/mol. The summed E-state index contributed by atoms with van der Waals surface area (Å²) in [6.45, 7) is 5.48. The van der Waals surface area contributed by atoms with Gasteiger partial charge in [-0.25, -0.2) is 22.3 Å². The van der Waals surface area contributed by atoms with E-state index in [1.54, 1.807) is 12.1 Å². The predicted molar refractivity (Wildman–Crippen MR) is 112 cm³/mol. The van der Waals surface area contributed by atoms with Crippen molar-refractivity contribution < 1.29 is 8.42 Å². The number of hydrogen-bond donors (Lipinski definition) is 0. The maximum Gasteiger partial charge on any atom is 0.350 e. The lowest BCUT2D eigenvalue weighted by Gasteiger charge is -2.19. The van der Waals surface area contributed by atoms with E-state index in [0.717, 1.165) is 36.8 Å². The SMILES string of the molecule is Cc1ccc(Cn2nc3ccc(S(=O)(=O)N4CCCCCC4)cn3c2=O)cc1C. The monoisotopic (exact) mass is 414 g/mol. The van der Waals surface area contributed by atoms with E-state index in [1.165, 1.54) is 25.1 Å². The van der Waals surface area contributed by atoms with Crippen LogP contribution >= 0.6 is 0 Å². The molecule has 0 spiro atoms. The number of nitrogens with zero attached hydrogens (tertiary/aromatic N) is 4. The van der Waals surface area contributed by atoms with Crippen molar-refractivity contribution >= 4 is 15.7 Å². The molecule has 29 heavy (non-hydrogen) atoms. The normalized spacial score (nSPS) is 16.2. The molecule has 2 aromatic heterocycles. The maximum absolute atomic E-state index is 13.0. The zero-order chi connectivity index (χ0) is 20.6. The number of hydrogen-bond acceptors (Lipinski definition) is 4. The summed E-state index contributed by atoms with van der Waals surface area (Å²) in [5.74, 6) is 0. The fourth-order valence-electron chi connectivity index (χ4n) is 3.76. The molecule has 1 aliphatic heterocycles. The Bertz CT molecular complexity index is 1200. The van der Waals surface area contributed by atoms with Crippen LogP contribution < -0.4 is 5.69 Å². The third-order valence-electron chi connectivity index (χ3n) is 5.66. The predicted octanol–water partition coefficient (Wildman–Crippen LogP) is 2.73. The first-order chi connectivity index (χ1) is 13.9. The molecule has 0 atom stereocenters. The first-order valence-corrected chi connectivity index (χ1v) is 11.5. The standard InChI is InChI=1S/C21H26N4O3S/c1-16-7-8-18(13-17(16)2)14-25-21(26)24-15-19(9-10-20(24)22-25)29(27,28)23-11-5-3-4-6-12-23/h7-10,13,15H,3-6,11-12,14H2,1-2H3. The molecule has 1 aromatic carbocycles. The zero-order valence-corrected chi connectivity index (χ0v) is 17.7. The molecule has 3 aromatic rings. The minimum absolute atomic E-state index is 0.139. The maximum atomic E-state index is 13.0. The van der Waals surface area contributed by atoms with Crippen molar-refractivity contribution in [2.45, 2.75) is 51.0 Å². The van der Waals surface area contributed by atoms with Crippen molar-refractivity contribution in [3.63, 3.8) is 0 Å². The Hall–Kier alpha value is -2.45. The van der Waals surface area contributed by atoms with Crippen LogP contribution in [0.2, 0.25) is 0 Å². The van der Waals surface area contributed by atoms with Crippen LogP contribution in [-0.4, -0.2) is 40.0 Å². The van der Waals surface area contributed by atoms with E-state index in [1.807, 2.05) is 32.0 Å². The second-order valence-electron chi connectivity index (χ2n) is 7.77. The number of aromatic nitrogens is 3. The third kappa shape index (κ3) is 3.86. The van der Waals surface area contributed by atoms with Crippen LogP contribution in [0.5, 0.6) is 0 Å². The van der Waals surface area contributed by atoms with Gasteiger partial charge >= 0.3 is 5.69 Å². The minimum atomic E-state index is -3.62. The van der Waals surface area contributed by atoms with Gasteiger partial charge in [0.15, 0.2) is 5.65 Å². The number of sulfonamides is 1. The van der Waals surface area contributed by atoms with Crippen LogP contribution in [0.25, 0.3) is 5.65 Å². The summed E-state index contributed by atoms with van der Waals surface area (Å²) in [6.07, 6.45) is 5.25. The zero-order valence-electron chi connectivity index (χ0n) is 16.8. The molecule has 1 aliphatic rings. The molecule has 0 unspecified atom stereocenters. The molecule has 1 saturated heterocycles. The Morgan fingerprint density at radius 2 is 1.69 bits per heavy atom. The quantitative estimate of drug-likeness (QED) is 0.658. The molecule has 154 valence electrons. The van der Waals surface area contributed by atoms with Gasteiger partial charge in [0.2, 0.25) is 10.0 Å². The molecule has 0 radical (unpaired) electrons. The fourth-order valence-corrected chi connectivity index (χ4v) is 5.28. The number of rotatable bonds is 4. The first-order valence-electron chi connectivity index (χ1n) is 10.0. The molecule has 7 nitrogen and oxygen atoms in total. The lowest BCUT2D eigenvalue weighted by Crippen LogP contribution is -2.32. The molecule has 0 bridgehead atoms. The highest BCUT2D eigenvalue weighted by molar-refractivity contribution is 7.89. The van der Waals surface area contributed by atoms with E-state index in [2.05, 4.69) is 5.10 Å². The molecule has 0 aliphatic carbocycles. The van der Waals surface area contributed by atoms with Gasteiger partial charge in [0.1, 0.15) is 0 Å². The van der Waals surface area contributed by atoms with E-state index in [9.17, 15) is 13.2 Å². The summed E-state index contributed by atoms with van der Waals surface area (Å²) in [7, 11) is -3.62. The summed E-state index contributed by atoms with van der Waals surface area (Å²) in [5.41, 5.74) is 3.43. The van der Waals surface area contributed by atoms with Gasteiger partial charge in [-0.1, -0.05) is 31.0 Å². The summed E-state index contributed by atoms with van der Waals surface area (Å²) >= 11 is 0. The Morgan fingerprint density at radius 1 is 0.966 bits per heavy atom. The average Bonchev–Trinajstić information content (AvgIpc) is 2.89. The molecular weight excluding hydrogens is 388 g/mol. The third-order valence-corrected chi connectivity index (χ3v) is 7.54. The van der Waals surface area contributed by atoms with Gasteiger partial charge in [-0.3, -0.25) is 0 Å². The van der Waals surface area contributed by atoms with Crippen LogP contribution in [0.4, 0.5) is 0 Å². The summed E-state index contributed by atoms with van der Waals surface area (Å²) in [5, 5.41) is 4.37. The lowest BCUT2D eigenvalue weighted by molar-refractivity contribution is 0.423. The molecule has 0 saturated carbocycles. The van der Waals surface area contributed by atoms with Crippen LogP contribution in [-0.2, 0) is 16.6 Å². The number of benzene rings is 1. The second kappa shape index (κ2) is 7.76. The van der Waals surface area contributed by atoms with Gasteiger partial charge in [0.25, 0.3) is 0 Å². The van der Waals surface area contributed by atoms with Crippen molar-refractivity contribution in [1.29, 1.82) is 0 Å². The Balaban J connectivity index is 1.68. The first kappa shape index (κ1) is 19.8. The highest BCUT2D eigenvalue weighted by Crippen LogP contribution is 2.20. The van der Waals surface area contributed by atoms with Crippen LogP contribution in [0.3, 0.4) is 0 Å². The molecule has 0 N–H and O–H groups in total. The molecule has 3 heterocycles. The van der Waals surface area contributed by atoms with E-state index >= 15 is 0 Å². The van der Waals surface area contributed by atoms with Crippen molar-refractivity contribution in [3.05, 3.63) is 63.7 Å². The number of pyridine rings is 1. The Kier molecular flexibility index (Phi) is 5.31. The van der Waals surface area contributed by atoms with Gasteiger partial charge in [-0.05, 0) is 55.5 Å². The highest BCUT2D eigenvalue weighted by Gasteiger charge is 2.26. The molecule has 4 rings (SSSR count). The lowest BCUT2D eigenvalue weighted by atomic mass is 10.1. The van der Waals surface area contributed by atoms with E-state index in [-0.39, 0.29) is 10.6 Å². The fraction of sp³-hybridized carbons (Fsp3) is 0.429. The molecule has 0 amide bonds. The molecule has 1 fully saturated rings. The van der Waals surface area contributed by atoms with Gasteiger partial charge in [0, 0.05) is 19.3 Å². The van der Waals surface area contributed by atoms with Gasteiger partial charge in [0.05, 0.1) is 11.4 Å². The van der Waals surface area contributed by atoms with Gasteiger partial charge < -0.3 is 0 Å². The summed E-state index contributed by atoms with van der Waals surface area (Å²) in [4.78, 5) is 13.0. The smallest absolute Gasteiger partial charge is 0.249 e. The number of aryl methyl sites for hydroxylation is 2. The van der Waals surface area contributed by atoms with Gasteiger partial charge in [-0.15, -0.1) is 5.10 Å². The topological polar surface area (TPSA) is 76.7 Å². The minimum Gasteiger partial charge on any atom is -0.249 e. The van der Waals surface area contributed by atoms with Gasteiger partial charge in [-0.2, -0.15) is 4.31 Å². The highest BCUT2D eigenvalue weighted by atomic mass is 32.2. The summed E-state index contributed by atoms with van der Waals surface area (Å²) < 4.78 is 30.3. The second-order valence-corrected chi connectivity index (χ2v) is 9.71. The molecular formula is C21H26N4O3S. The number of fused-ring (bicyclic) bond motifs is 1. The van der Waals surface area contributed by atoms with E-state index in [0.29, 0.717) is 25.3 Å². The Morgan fingerprint density at radius 3 is 2.38 bits per heavy atom. The summed E-state index contributed by atoms with van der Waals surface area (Å²) in [6, 6.07) is 9.19. The largest absolute Gasteiger partial charge is 0.350 e. The van der Waals surface area contributed by atoms with Crippen molar-refractivity contribution in [2.75, 3.05) is 13.1 Å². The van der Waals surface area contributed by atoms with E-state index < -0.39 is 10.0 Å². The molecule has 8 heteroatoms. The Labute approximate surface area is 170 Å². The van der Waals surface area contributed by atoms with Crippen molar-refractivity contribution in [1.82, 2.24) is 18.5 Å².